The number of β-amino-alcohol motifs (C(OH)–C–C–N with tert-alkyl or cyclic N) is 1. The summed E-state index contributed by atoms with van der Waals surface area (Å²) in [6.07, 6.45) is 1.05. The minimum atomic E-state index is 0.0889. The lowest BCUT2D eigenvalue weighted by molar-refractivity contribution is 0.0615. The predicted molar refractivity (Wildman–Crippen MR) is 144 cm³/mol. The Morgan fingerprint density at radius 1 is 1.00 bits per heavy atom. The van der Waals surface area contributed by atoms with Crippen molar-refractivity contribution in [2.75, 3.05) is 44.6 Å². The van der Waals surface area contributed by atoms with E-state index in [1.165, 1.54) is 33.5 Å². The molecular formula is C29H40N4O2. The Labute approximate surface area is 209 Å². The Morgan fingerprint density at radius 2 is 1.69 bits per heavy atom. The Morgan fingerprint density at radius 3 is 2.31 bits per heavy atom. The van der Waals surface area contributed by atoms with Gasteiger partial charge in [0.2, 0.25) is 0 Å². The van der Waals surface area contributed by atoms with E-state index in [1.807, 2.05) is 4.90 Å². The monoisotopic (exact) mass is 476 g/mol. The summed E-state index contributed by atoms with van der Waals surface area (Å²) in [5, 5.41) is 14.1. The van der Waals surface area contributed by atoms with Gasteiger partial charge in [-0.15, -0.1) is 0 Å². The number of anilines is 1. The van der Waals surface area contributed by atoms with Crippen LogP contribution in [0.4, 0.5) is 5.69 Å². The summed E-state index contributed by atoms with van der Waals surface area (Å²) in [4.78, 5) is 17.8. The highest BCUT2D eigenvalue weighted by atomic mass is 16.3. The lowest BCUT2D eigenvalue weighted by Crippen LogP contribution is -2.49. The second-order valence-corrected chi connectivity index (χ2v) is 9.86. The van der Waals surface area contributed by atoms with E-state index in [1.54, 1.807) is 0 Å². The Hall–Kier alpha value is -2.83. The van der Waals surface area contributed by atoms with Crippen LogP contribution >= 0.6 is 0 Å². The third kappa shape index (κ3) is 5.09. The van der Waals surface area contributed by atoms with Crippen LogP contribution in [0.5, 0.6) is 0 Å². The van der Waals surface area contributed by atoms with E-state index in [0.717, 1.165) is 49.2 Å². The normalized spacial score (nSPS) is 14.6. The summed E-state index contributed by atoms with van der Waals surface area (Å²) in [7, 11) is 0. The van der Waals surface area contributed by atoms with Crippen molar-refractivity contribution in [2.24, 2.45) is 0 Å². The molecule has 0 atom stereocenters. The fraction of sp³-hybridized carbons (Fsp3) is 0.483. The molecule has 6 nitrogen and oxygen atoms in total. The molecule has 0 aliphatic carbocycles. The van der Waals surface area contributed by atoms with Gasteiger partial charge in [-0.05, 0) is 68.5 Å². The predicted octanol–water partition coefficient (Wildman–Crippen LogP) is 4.65. The molecule has 2 N–H and O–H groups in total. The van der Waals surface area contributed by atoms with Crippen molar-refractivity contribution >= 4 is 22.5 Å². The van der Waals surface area contributed by atoms with Gasteiger partial charge in [0.15, 0.2) is 0 Å². The second-order valence-electron chi connectivity index (χ2n) is 9.86. The number of fused-ring (bicyclic) bond motifs is 1. The maximum absolute atomic E-state index is 13.6. The van der Waals surface area contributed by atoms with Crippen molar-refractivity contribution < 1.29 is 9.90 Å². The zero-order chi connectivity index (χ0) is 25.1. The summed E-state index contributed by atoms with van der Waals surface area (Å²) >= 11 is 0. The number of aliphatic hydroxyl groups excluding tert-OH is 1. The zero-order valence-electron chi connectivity index (χ0n) is 21.9. The molecule has 0 unspecified atom stereocenters. The zero-order valence-corrected chi connectivity index (χ0v) is 21.9. The number of piperazine rings is 1. The lowest BCUT2D eigenvalue weighted by atomic mass is 10.0. The van der Waals surface area contributed by atoms with Gasteiger partial charge in [-0.1, -0.05) is 25.1 Å². The van der Waals surface area contributed by atoms with E-state index in [0.29, 0.717) is 19.6 Å². The van der Waals surface area contributed by atoms with Crippen LogP contribution in [0, 0.1) is 27.7 Å². The third-order valence-corrected chi connectivity index (χ3v) is 7.60. The Kier molecular flexibility index (Phi) is 7.82. The van der Waals surface area contributed by atoms with Crippen LogP contribution in [-0.4, -0.2) is 64.7 Å². The number of hydrogen-bond acceptors (Lipinski definition) is 4. The number of nitrogens with zero attached hydrogens (tertiary/aromatic N) is 3. The number of amides is 1. The van der Waals surface area contributed by atoms with Crippen LogP contribution in [0.2, 0.25) is 0 Å². The minimum Gasteiger partial charge on any atom is -0.395 e. The molecule has 1 amide bonds. The summed E-state index contributed by atoms with van der Waals surface area (Å²) in [6, 6.07) is 10.6. The number of aryl methyl sites for hydroxylation is 4. The van der Waals surface area contributed by atoms with Crippen molar-refractivity contribution in [3.8, 4) is 0 Å². The van der Waals surface area contributed by atoms with Gasteiger partial charge < -0.3 is 19.9 Å². The SMILES string of the molecule is CCCn1c(C)c(C)c2cc(C(=O)N3CCN(CCO)CC3)cc(NCc3c(C)cccc3C)c21. The molecule has 0 saturated carbocycles. The average Bonchev–Trinajstić information content (AvgIpc) is 3.09. The number of hydrogen-bond donors (Lipinski definition) is 2. The number of carbonyl (C=O) groups excluding carboxylic acids is 1. The molecule has 0 spiro atoms. The van der Waals surface area contributed by atoms with Crippen LogP contribution in [0.25, 0.3) is 10.9 Å². The maximum Gasteiger partial charge on any atom is 0.254 e. The van der Waals surface area contributed by atoms with E-state index in [4.69, 9.17) is 0 Å². The Bertz CT molecular complexity index is 1190. The van der Waals surface area contributed by atoms with Crippen LogP contribution in [0.3, 0.4) is 0 Å². The first-order valence-electron chi connectivity index (χ1n) is 12.9. The molecule has 2 aromatic carbocycles. The van der Waals surface area contributed by atoms with Gasteiger partial charge in [-0.2, -0.15) is 0 Å². The molecule has 0 bridgehead atoms. The number of aromatic nitrogens is 1. The minimum absolute atomic E-state index is 0.0889. The van der Waals surface area contributed by atoms with Crippen LogP contribution in [0.15, 0.2) is 30.3 Å². The first-order valence-corrected chi connectivity index (χ1v) is 12.9. The number of aliphatic hydroxyl groups is 1. The van der Waals surface area contributed by atoms with Crippen molar-refractivity contribution in [3.05, 3.63) is 63.8 Å². The molecule has 4 rings (SSSR count). The summed E-state index contributed by atoms with van der Waals surface area (Å²) in [6.45, 7) is 16.4. The summed E-state index contributed by atoms with van der Waals surface area (Å²) < 4.78 is 2.40. The molecule has 1 fully saturated rings. The molecule has 1 saturated heterocycles. The van der Waals surface area contributed by atoms with Gasteiger partial charge in [0.25, 0.3) is 5.91 Å². The van der Waals surface area contributed by atoms with Gasteiger partial charge in [-0.25, -0.2) is 0 Å². The summed E-state index contributed by atoms with van der Waals surface area (Å²) in [5.74, 6) is 0.0889. The van der Waals surface area contributed by atoms with Crippen molar-refractivity contribution in [2.45, 2.75) is 54.1 Å². The molecule has 6 heteroatoms. The molecule has 2 heterocycles. The van der Waals surface area contributed by atoms with E-state index >= 15 is 0 Å². The van der Waals surface area contributed by atoms with Gasteiger partial charge in [0.1, 0.15) is 0 Å². The molecule has 1 aliphatic rings. The van der Waals surface area contributed by atoms with Gasteiger partial charge in [0.05, 0.1) is 17.8 Å². The van der Waals surface area contributed by atoms with Crippen LogP contribution in [0.1, 0.15) is 51.7 Å². The largest absolute Gasteiger partial charge is 0.395 e. The number of benzene rings is 2. The first kappa shape index (κ1) is 25.3. The van der Waals surface area contributed by atoms with Crippen LogP contribution in [-0.2, 0) is 13.1 Å². The topological polar surface area (TPSA) is 60.7 Å². The van der Waals surface area contributed by atoms with Crippen molar-refractivity contribution in [3.63, 3.8) is 0 Å². The molecule has 35 heavy (non-hydrogen) atoms. The maximum atomic E-state index is 13.6. The molecule has 3 aromatic rings. The number of rotatable bonds is 8. The highest BCUT2D eigenvalue weighted by molar-refractivity contribution is 6.04. The molecular weight excluding hydrogens is 436 g/mol. The van der Waals surface area contributed by atoms with E-state index < -0.39 is 0 Å². The van der Waals surface area contributed by atoms with Gasteiger partial charge in [0, 0.05) is 62.5 Å². The highest BCUT2D eigenvalue weighted by Gasteiger charge is 2.24. The van der Waals surface area contributed by atoms with Gasteiger partial charge in [-0.3, -0.25) is 9.69 Å². The first-order chi connectivity index (χ1) is 16.8. The van der Waals surface area contributed by atoms with E-state index in [9.17, 15) is 9.90 Å². The van der Waals surface area contributed by atoms with Crippen molar-refractivity contribution in [1.82, 2.24) is 14.4 Å². The van der Waals surface area contributed by atoms with Gasteiger partial charge >= 0.3 is 0 Å². The number of nitrogens with one attached hydrogen (secondary N) is 1. The van der Waals surface area contributed by atoms with Crippen molar-refractivity contribution in [1.29, 1.82) is 0 Å². The lowest BCUT2D eigenvalue weighted by Gasteiger charge is -2.34. The average molecular weight is 477 g/mol. The standard InChI is InChI=1S/C29H40N4O2/c1-6-10-33-23(5)22(4)25-17-24(29(35)32-13-11-31(12-14-32)15-16-34)18-27(28(25)33)30-19-26-20(2)8-7-9-21(26)3/h7-9,17-18,30,34H,6,10-16,19H2,1-5H3. The second kappa shape index (κ2) is 10.8. The number of carbonyl (C=O) groups is 1. The molecule has 0 radical (unpaired) electrons. The molecule has 1 aromatic heterocycles. The van der Waals surface area contributed by atoms with E-state index in [-0.39, 0.29) is 12.5 Å². The fourth-order valence-corrected chi connectivity index (χ4v) is 5.35. The fourth-order valence-electron chi connectivity index (χ4n) is 5.35. The Balaban J connectivity index is 1.72. The molecule has 1 aliphatic heterocycles. The summed E-state index contributed by atoms with van der Waals surface area (Å²) in [5.41, 5.74) is 9.32. The smallest absolute Gasteiger partial charge is 0.254 e. The quantitative estimate of drug-likeness (QED) is 0.497. The molecule has 188 valence electrons. The van der Waals surface area contributed by atoms with Crippen LogP contribution < -0.4 is 5.32 Å². The highest BCUT2D eigenvalue weighted by Crippen LogP contribution is 2.34. The van der Waals surface area contributed by atoms with E-state index in [2.05, 4.69) is 79.7 Å². The third-order valence-electron chi connectivity index (χ3n) is 7.60.